The van der Waals surface area contributed by atoms with Gasteiger partial charge >= 0.3 is 12.1 Å². The number of hydrogen-bond acceptors (Lipinski definition) is 8. The van der Waals surface area contributed by atoms with Gasteiger partial charge in [-0.1, -0.05) is 26.0 Å². The van der Waals surface area contributed by atoms with E-state index in [1.807, 2.05) is 13.8 Å². The van der Waals surface area contributed by atoms with E-state index in [4.69, 9.17) is 4.74 Å². The molecule has 236 valence electrons. The van der Waals surface area contributed by atoms with Crippen LogP contribution in [0.25, 0.3) is 0 Å². The largest absolute Gasteiger partial charge is 0.480 e. The van der Waals surface area contributed by atoms with Crippen LogP contribution >= 0.6 is 12.1 Å². The number of halogens is 1. The molecule has 2 atom stereocenters. The van der Waals surface area contributed by atoms with E-state index in [2.05, 4.69) is 10.6 Å². The zero-order chi connectivity index (χ0) is 32.2. The van der Waals surface area contributed by atoms with E-state index in [1.165, 1.54) is 55.4 Å². The summed E-state index contributed by atoms with van der Waals surface area (Å²) < 4.78 is 45.0. The minimum Gasteiger partial charge on any atom is -0.480 e. The normalized spacial score (nSPS) is 15.4. The molecule has 3 N–H and O–H groups in total. The number of carboxylic acid groups (broad SMARTS) is 1. The van der Waals surface area contributed by atoms with Crippen LogP contribution in [-0.2, 0) is 26.0 Å². The molecule has 1 saturated heterocycles. The van der Waals surface area contributed by atoms with Crippen molar-refractivity contribution in [2.75, 3.05) is 32.9 Å². The third-order valence-electron chi connectivity index (χ3n) is 6.24. The van der Waals surface area contributed by atoms with Crippen LogP contribution in [0.1, 0.15) is 42.6 Å². The lowest BCUT2D eigenvalue weighted by atomic mass is 10.1. The highest BCUT2D eigenvalue weighted by Gasteiger charge is 2.40. The maximum atomic E-state index is 13.3. The number of carbonyl (C=O) groups is 4. The molecule has 12 nitrogen and oxygen atoms in total. The molecular weight excluding hydrogens is 603 g/mol. The van der Waals surface area contributed by atoms with Gasteiger partial charge < -0.3 is 25.4 Å². The molecule has 0 radical (unpaired) electrons. The summed E-state index contributed by atoms with van der Waals surface area (Å²) in [6, 6.07) is 8.83. The molecule has 0 aliphatic carbocycles. The van der Waals surface area contributed by atoms with Gasteiger partial charge in [0.1, 0.15) is 17.8 Å². The fourth-order valence-corrected chi connectivity index (χ4v) is 5.93. The van der Waals surface area contributed by atoms with Crippen LogP contribution in [0.4, 0.5) is 8.68 Å². The summed E-state index contributed by atoms with van der Waals surface area (Å²) in [5, 5.41) is 14.7. The van der Waals surface area contributed by atoms with Crippen molar-refractivity contribution in [1.82, 2.24) is 19.8 Å². The first-order valence-corrected chi connectivity index (χ1v) is 15.9. The van der Waals surface area contributed by atoms with Crippen LogP contribution in [0.5, 0.6) is 5.75 Å². The number of amides is 3. The second-order valence-electron chi connectivity index (χ2n) is 9.38. The Labute approximate surface area is 255 Å². The van der Waals surface area contributed by atoms with Crippen molar-refractivity contribution < 1.29 is 41.3 Å². The maximum Gasteiger partial charge on any atom is 0.414 e. The first-order chi connectivity index (χ1) is 20.4. The minimum absolute atomic E-state index is 0.0639. The third kappa shape index (κ3) is 9.93. The monoisotopic (exact) mass is 640 g/mol. The van der Waals surface area contributed by atoms with Gasteiger partial charge in [0.05, 0.1) is 4.90 Å². The number of nitrogens with zero attached hydrogens (tertiary/aromatic N) is 2. The highest BCUT2D eigenvalue weighted by molar-refractivity contribution is 7.94. The van der Waals surface area contributed by atoms with E-state index >= 15 is 0 Å². The molecule has 0 aromatic heterocycles. The van der Waals surface area contributed by atoms with E-state index in [1.54, 1.807) is 12.1 Å². The Morgan fingerprint density at radius 2 is 1.72 bits per heavy atom. The van der Waals surface area contributed by atoms with Gasteiger partial charge in [0.2, 0.25) is 15.9 Å². The molecule has 1 aliphatic rings. The number of carboxylic acids is 1. The average molecular weight is 641 g/mol. The second kappa shape index (κ2) is 16.8. The van der Waals surface area contributed by atoms with Crippen LogP contribution in [0.15, 0.2) is 53.4 Å². The summed E-state index contributed by atoms with van der Waals surface area (Å²) >= 11 is 0.0884. The summed E-state index contributed by atoms with van der Waals surface area (Å²) in [6.07, 6.45) is -0.0582. The topological polar surface area (TPSA) is 162 Å². The van der Waals surface area contributed by atoms with Gasteiger partial charge in [0.25, 0.3) is 5.91 Å². The SMILES string of the molecule is CC.CN(C)C(=O)Oc1ccc(CC(NC(=O)[C@@H]2CCCN2S(=O)(=O)c2ccc(C(=O)NCCSF)cc2)C(=O)O)cc1. The Balaban J connectivity index is 0.00000316. The maximum absolute atomic E-state index is 13.3. The Hall–Kier alpha value is -3.69. The first-order valence-electron chi connectivity index (χ1n) is 13.6. The summed E-state index contributed by atoms with van der Waals surface area (Å²) in [7, 11) is -1.07. The van der Waals surface area contributed by atoms with Gasteiger partial charge in [-0.15, -0.1) is 0 Å². The molecule has 0 bridgehead atoms. The third-order valence-corrected chi connectivity index (χ3v) is 8.52. The second-order valence-corrected chi connectivity index (χ2v) is 11.9. The molecule has 15 heteroatoms. The fraction of sp³-hybridized carbons (Fsp3) is 0.429. The van der Waals surface area contributed by atoms with E-state index in [0.29, 0.717) is 12.0 Å². The highest BCUT2D eigenvalue weighted by atomic mass is 32.2. The number of hydrogen-bond donors (Lipinski definition) is 3. The van der Waals surface area contributed by atoms with Gasteiger partial charge in [0.15, 0.2) is 0 Å². The van der Waals surface area contributed by atoms with Crippen molar-refractivity contribution in [3.8, 4) is 5.75 Å². The Morgan fingerprint density at radius 3 is 2.28 bits per heavy atom. The van der Waals surface area contributed by atoms with E-state index in [9.17, 15) is 36.6 Å². The lowest BCUT2D eigenvalue weighted by Crippen LogP contribution is -2.51. The van der Waals surface area contributed by atoms with Crippen LogP contribution in [0, 0.1) is 0 Å². The van der Waals surface area contributed by atoms with Crippen molar-refractivity contribution in [2.24, 2.45) is 0 Å². The zero-order valence-electron chi connectivity index (χ0n) is 24.4. The molecule has 1 unspecified atom stereocenters. The highest BCUT2D eigenvalue weighted by Crippen LogP contribution is 2.27. The molecule has 0 spiro atoms. The Bertz CT molecular complexity index is 1360. The molecular formula is C28H37FN4O8S2. The van der Waals surface area contributed by atoms with Crippen LogP contribution in [0.2, 0.25) is 0 Å². The fourth-order valence-electron chi connectivity index (χ4n) is 4.10. The summed E-state index contributed by atoms with van der Waals surface area (Å²) in [6.45, 7) is 4.17. The van der Waals surface area contributed by atoms with Crippen LogP contribution in [-0.4, -0.2) is 91.6 Å². The molecule has 1 heterocycles. The average Bonchev–Trinajstić information content (AvgIpc) is 3.50. The van der Waals surface area contributed by atoms with Crippen molar-refractivity contribution in [3.63, 3.8) is 0 Å². The smallest absolute Gasteiger partial charge is 0.414 e. The van der Waals surface area contributed by atoms with E-state index in [-0.39, 0.29) is 60.0 Å². The molecule has 1 fully saturated rings. The standard InChI is InChI=1S/C26H31FN4O8S2.C2H6/c1-30(2)26(36)39-19-9-5-17(6-10-19)16-21(25(34)35)29-24(33)22-4-3-14-31(22)41(37,38)20-11-7-18(8-12-20)23(32)28-13-15-40-27;1-2/h5-12,21-22H,3-4,13-16H2,1-2H3,(H,28,32)(H,29,33)(H,34,35);1-2H3/t21?,22-;/m0./s1. The number of benzene rings is 2. The van der Waals surface area contributed by atoms with E-state index < -0.39 is 46.0 Å². The zero-order valence-corrected chi connectivity index (χ0v) is 26.0. The molecule has 1 aliphatic heterocycles. The number of sulfonamides is 1. The van der Waals surface area contributed by atoms with Crippen LogP contribution in [0.3, 0.4) is 0 Å². The number of rotatable bonds is 12. The lowest BCUT2D eigenvalue weighted by Gasteiger charge is -2.25. The predicted molar refractivity (Wildman–Crippen MR) is 160 cm³/mol. The van der Waals surface area contributed by atoms with Crippen molar-refractivity contribution in [3.05, 3.63) is 59.7 Å². The van der Waals surface area contributed by atoms with Crippen molar-refractivity contribution in [1.29, 1.82) is 0 Å². The molecule has 2 aromatic carbocycles. The van der Waals surface area contributed by atoms with Gasteiger partial charge in [-0.2, -0.15) is 8.19 Å². The Morgan fingerprint density at radius 1 is 1.09 bits per heavy atom. The lowest BCUT2D eigenvalue weighted by molar-refractivity contribution is -0.142. The molecule has 43 heavy (non-hydrogen) atoms. The minimum atomic E-state index is -4.14. The first kappa shape index (κ1) is 35.5. The van der Waals surface area contributed by atoms with Gasteiger partial charge in [-0.05, 0) is 54.8 Å². The van der Waals surface area contributed by atoms with Crippen LogP contribution < -0.4 is 15.4 Å². The number of aliphatic carboxylic acids is 1. The number of nitrogens with one attached hydrogen (secondary N) is 2. The van der Waals surface area contributed by atoms with Crippen molar-refractivity contribution in [2.45, 2.75) is 50.1 Å². The van der Waals surface area contributed by atoms with E-state index in [0.717, 1.165) is 4.31 Å². The Kier molecular flexibility index (Phi) is 13.9. The number of ether oxygens (including phenoxy) is 1. The van der Waals surface area contributed by atoms with Crippen molar-refractivity contribution >= 4 is 46.0 Å². The van der Waals surface area contributed by atoms with Gasteiger partial charge in [-0.25, -0.2) is 18.0 Å². The van der Waals surface area contributed by atoms with Gasteiger partial charge in [0, 0.05) is 57.1 Å². The molecule has 2 aromatic rings. The number of carbonyl (C=O) groups excluding carboxylic acids is 3. The predicted octanol–water partition coefficient (Wildman–Crippen LogP) is 3.09. The summed E-state index contributed by atoms with van der Waals surface area (Å²) in [5.74, 6) is -2.17. The summed E-state index contributed by atoms with van der Waals surface area (Å²) in [4.78, 5) is 50.0. The molecule has 0 saturated carbocycles. The van der Waals surface area contributed by atoms with Gasteiger partial charge in [-0.3, -0.25) is 9.59 Å². The molecule has 3 amide bonds. The molecule has 3 rings (SSSR count). The quantitative estimate of drug-likeness (QED) is 0.296. The summed E-state index contributed by atoms with van der Waals surface area (Å²) in [5.41, 5.74) is 0.738.